The van der Waals surface area contributed by atoms with E-state index in [-0.39, 0.29) is 24.4 Å². The van der Waals surface area contributed by atoms with Crippen molar-refractivity contribution in [2.75, 3.05) is 14.2 Å². The Kier molecular flexibility index (Phi) is 6.08. The Morgan fingerprint density at radius 2 is 1.91 bits per heavy atom. The van der Waals surface area contributed by atoms with Crippen molar-refractivity contribution in [2.24, 2.45) is 0 Å². The van der Waals surface area contributed by atoms with Crippen LogP contribution in [-0.4, -0.2) is 44.4 Å². The number of rotatable bonds is 8. The molecule has 33 heavy (non-hydrogen) atoms. The van der Waals surface area contributed by atoms with Crippen LogP contribution in [0, 0.1) is 13.8 Å². The molecule has 3 heterocycles. The highest BCUT2D eigenvalue weighted by molar-refractivity contribution is 6.05. The Balaban J connectivity index is 1.50. The maximum atomic E-state index is 13.0. The maximum Gasteiger partial charge on any atom is 0.277 e. The third-order valence-electron chi connectivity index (χ3n) is 5.95. The molecule has 0 bridgehead atoms. The van der Waals surface area contributed by atoms with Crippen LogP contribution >= 0.6 is 0 Å². The summed E-state index contributed by atoms with van der Waals surface area (Å²) in [7, 11) is 3.11. The Morgan fingerprint density at radius 3 is 2.58 bits per heavy atom. The second-order valence-electron chi connectivity index (χ2n) is 7.84. The van der Waals surface area contributed by atoms with E-state index in [4.69, 9.17) is 9.47 Å². The fraction of sp³-hybridized carbons (Fsp3) is 0.391. The van der Waals surface area contributed by atoms with Gasteiger partial charge >= 0.3 is 0 Å². The number of benzene rings is 1. The predicted molar refractivity (Wildman–Crippen MR) is 125 cm³/mol. The van der Waals surface area contributed by atoms with Crippen LogP contribution in [0.25, 0.3) is 21.9 Å². The van der Waals surface area contributed by atoms with Crippen LogP contribution < -0.4 is 20.3 Å². The van der Waals surface area contributed by atoms with Crippen LogP contribution in [0.3, 0.4) is 0 Å². The zero-order valence-corrected chi connectivity index (χ0v) is 19.5. The van der Waals surface area contributed by atoms with Gasteiger partial charge in [0.25, 0.3) is 5.56 Å². The number of amides is 1. The van der Waals surface area contributed by atoms with Crippen molar-refractivity contribution in [3.8, 4) is 11.5 Å². The molecule has 4 aromatic rings. The summed E-state index contributed by atoms with van der Waals surface area (Å²) in [5, 5.41) is 8.17. The molecule has 0 atom stereocenters. The van der Waals surface area contributed by atoms with Gasteiger partial charge in [-0.05, 0) is 26.8 Å². The number of carbonyl (C=O) groups excluding carboxylic acids is 1. The van der Waals surface area contributed by atoms with Gasteiger partial charge in [-0.15, -0.1) is 0 Å². The normalized spacial score (nSPS) is 11.3. The van der Waals surface area contributed by atoms with E-state index in [0.717, 1.165) is 34.4 Å². The van der Waals surface area contributed by atoms with E-state index in [9.17, 15) is 9.59 Å². The molecule has 0 fully saturated rings. The fourth-order valence-electron chi connectivity index (χ4n) is 4.07. The Hall–Kier alpha value is -3.82. The summed E-state index contributed by atoms with van der Waals surface area (Å²) in [4.78, 5) is 33.0. The number of H-pyrrole nitrogens is 1. The molecule has 174 valence electrons. The first-order valence-electron chi connectivity index (χ1n) is 10.8. The van der Waals surface area contributed by atoms with Crippen LogP contribution in [0.5, 0.6) is 11.5 Å². The molecule has 10 heteroatoms. The topological polar surface area (TPSA) is 116 Å². The van der Waals surface area contributed by atoms with E-state index in [1.807, 2.05) is 25.5 Å². The molecule has 1 amide bonds. The van der Waals surface area contributed by atoms with E-state index in [1.165, 1.54) is 10.9 Å². The van der Waals surface area contributed by atoms with Crippen molar-refractivity contribution in [3.63, 3.8) is 0 Å². The molecule has 0 spiro atoms. The largest absolute Gasteiger partial charge is 0.493 e. The molecule has 10 nitrogen and oxygen atoms in total. The van der Waals surface area contributed by atoms with Gasteiger partial charge in [0, 0.05) is 48.8 Å². The molecule has 0 aliphatic carbocycles. The SMILES string of the molecule is CCn1nc(C)c(CNC(=O)CCn2cnc3c([nH]c4cc(OC)c(OC)cc43)c2=O)c1C. The number of aromatic nitrogens is 5. The summed E-state index contributed by atoms with van der Waals surface area (Å²) in [5.41, 5.74) is 4.39. The van der Waals surface area contributed by atoms with Gasteiger partial charge in [0.1, 0.15) is 11.0 Å². The van der Waals surface area contributed by atoms with Crippen LogP contribution in [0.1, 0.15) is 30.3 Å². The zero-order valence-electron chi connectivity index (χ0n) is 19.5. The predicted octanol–water partition coefficient (Wildman–Crippen LogP) is 2.43. The summed E-state index contributed by atoms with van der Waals surface area (Å²) in [6.45, 7) is 7.39. The van der Waals surface area contributed by atoms with Crippen molar-refractivity contribution in [1.29, 1.82) is 0 Å². The van der Waals surface area contributed by atoms with Gasteiger partial charge in [-0.2, -0.15) is 5.10 Å². The lowest BCUT2D eigenvalue weighted by molar-refractivity contribution is -0.121. The van der Waals surface area contributed by atoms with Crippen LogP contribution in [0.15, 0.2) is 23.3 Å². The van der Waals surface area contributed by atoms with Crippen molar-refractivity contribution in [1.82, 2.24) is 29.6 Å². The first-order valence-corrected chi connectivity index (χ1v) is 10.8. The number of nitrogens with one attached hydrogen (secondary N) is 2. The van der Waals surface area contributed by atoms with Crippen molar-refractivity contribution in [2.45, 2.75) is 46.8 Å². The summed E-state index contributed by atoms with van der Waals surface area (Å²) in [5.74, 6) is 0.975. The van der Waals surface area contributed by atoms with Gasteiger partial charge in [0.05, 0.1) is 31.8 Å². The minimum absolute atomic E-state index is 0.142. The van der Waals surface area contributed by atoms with Gasteiger partial charge in [-0.1, -0.05) is 0 Å². The van der Waals surface area contributed by atoms with Gasteiger partial charge in [-0.3, -0.25) is 18.8 Å². The third kappa shape index (κ3) is 4.04. The molecule has 0 aliphatic heterocycles. The highest BCUT2D eigenvalue weighted by atomic mass is 16.5. The molecule has 1 aromatic carbocycles. The lowest BCUT2D eigenvalue weighted by Crippen LogP contribution is -2.27. The molecule has 0 saturated carbocycles. The minimum atomic E-state index is -0.238. The average molecular weight is 453 g/mol. The minimum Gasteiger partial charge on any atom is -0.493 e. The Labute approximate surface area is 190 Å². The van der Waals surface area contributed by atoms with Gasteiger partial charge in [-0.25, -0.2) is 4.98 Å². The van der Waals surface area contributed by atoms with E-state index in [1.54, 1.807) is 26.4 Å². The molecule has 0 radical (unpaired) electrons. The smallest absolute Gasteiger partial charge is 0.277 e. The lowest BCUT2D eigenvalue weighted by Gasteiger charge is -2.08. The molecule has 3 aromatic heterocycles. The quantitative estimate of drug-likeness (QED) is 0.424. The monoisotopic (exact) mass is 452 g/mol. The number of ether oxygens (including phenoxy) is 2. The fourth-order valence-corrected chi connectivity index (χ4v) is 4.07. The number of aryl methyl sites for hydroxylation is 3. The number of hydrogen-bond donors (Lipinski definition) is 2. The van der Waals surface area contributed by atoms with Crippen LogP contribution in [-0.2, 0) is 24.4 Å². The van der Waals surface area contributed by atoms with E-state index < -0.39 is 0 Å². The average Bonchev–Trinajstić information content (AvgIpc) is 3.32. The summed E-state index contributed by atoms with van der Waals surface area (Å²) < 4.78 is 14.1. The second kappa shape index (κ2) is 8.97. The summed E-state index contributed by atoms with van der Waals surface area (Å²) in [6, 6.07) is 3.57. The number of methoxy groups -OCH3 is 2. The molecule has 0 unspecified atom stereocenters. The highest BCUT2D eigenvalue weighted by Gasteiger charge is 2.16. The zero-order chi connectivity index (χ0) is 23.7. The molecule has 0 aliphatic rings. The van der Waals surface area contributed by atoms with E-state index in [0.29, 0.717) is 29.1 Å². The molecule has 0 saturated heterocycles. The molecular formula is C23H28N6O4. The number of aromatic amines is 1. The van der Waals surface area contributed by atoms with Gasteiger partial charge in [0.2, 0.25) is 5.91 Å². The Morgan fingerprint density at radius 1 is 1.18 bits per heavy atom. The maximum absolute atomic E-state index is 13.0. The number of carbonyl (C=O) groups is 1. The molecule has 4 rings (SSSR count). The van der Waals surface area contributed by atoms with E-state index >= 15 is 0 Å². The molecular weight excluding hydrogens is 424 g/mol. The van der Waals surface area contributed by atoms with Crippen molar-refractivity contribution >= 4 is 27.8 Å². The number of hydrogen-bond acceptors (Lipinski definition) is 6. The van der Waals surface area contributed by atoms with Gasteiger partial charge in [0.15, 0.2) is 11.5 Å². The highest BCUT2D eigenvalue weighted by Crippen LogP contribution is 2.34. The number of nitrogens with zero attached hydrogens (tertiary/aromatic N) is 4. The van der Waals surface area contributed by atoms with Crippen molar-refractivity contribution in [3.05, 3.63) is 45.8 Å². The third-order valence-corrected chi connectivity index (χ3v) is 5.95. The first-order chi connectivity index (χ1) is 15.9. The Bertz CT molecular complexity index is 1400. The van der Waals surface area contributed by atoms with E-state index in [2.05, 4.69) is 20.4 Å². The van der Waals surface area contributed by atoms with Crippen LogP contribution in [0.2, 0.25) is 0 Å². The number of fused-ring (bicyclic) bond motifs is 3. The first kappa shape index (κ1) is 22.4. The standard InChI is InChI=1S/C23H28N6O4/c1-6-29-14(3)16(13(2)27-29)11-24-20(30)7-8-28-12-25-21-15-9-18(32-4)19(33-5)10-17(15)26-22(21)23(28)31/h9-10,12,26H,6-8,11H2,1-5H3,(H,24,30). The summed E-state index contributed by atoms with van der Waals surface area (Å²) in [6.07, 6.45) is 1.64. The van der Waals surface area contributed by atoms with Crippen LogP contribution in [0.4, 0.5) is 0 Å². The lowest BCUT2D eigenvalue weighted by atomic mass is 10.2. The van der Waals surface area contributed by atoms with Gasteiger partial charge < -0.3 is 19.8 Å². The second-order valence-corrected chi connectivity index (χ2v) is 7.84. The summed E-state index contributed by atoms with van der Waals surface area (Å²) >= 11 is 0. The van der Waals surface area contributed by atoms with Crippen molar-refractivity contribution < 1.29 is 14.3 Å². The molecule has 2 N–H and O–H groups in total.